The fourth-order valence-electron chi connectivity index (χ4n) is 1.13. The average Bonchev–Trinajstić information content (AvgIpc) is 2.29. The molecule has 1 atom stereocenters. The first-order valence-electron chi connectivity index (χ1n) is 4.99. The normalized spacial score (nSPS) is 12.8. The van der Waals surface area contributed by atoms with Crippen molar-refractivity contribution in [2.75, 3.05) is 5.32 Å². The molecule has 1 aromatic rings. The molecule has 19 heavy (non-hydrogen) atoms. The molecule has 1 aromatic carbocycles. The van der Waals surface area contributed by atoms with E-state index in [0.29, 0.717) is 0 Å². The molecule has 0 saturated heterocycles. The van der Waals surface area contributed by atoms with Crippen molar-refractivity contribution < 1.29 is 23.1 Å². The zero-order chi connectivity index (χ0) is 14.8. The fourth-order valence-corrected chi connectivity index (χ4v) is 2.30. The summed E-state index contributed by atoms with van der Waals surface area (Å²) in [6.07, 6.45) is 0. The van der Waals surface area contributed by atoms with Gasteiger partial charge in [0.1, 0.15) is 5.92 Å². The van der Waals surface area contributed by atoms with Crippen molar-refractivity contribution in [2.45, 2.75) is 11.8 Å². The lowest BCUT2D eigenvalue weighted by Gasteiger charge is -2.10. The van der Waals surface area contributed by atoms with Crippen molar-refractivity contribution >= 4 is 43.5 Å². The van der Waals surface area contributed by atoms with Gasteiger partial charge < -0.3 is 10.4 Å². The molecule has 0 fully saturated rings. The Morgan fingerprint density at radius 2 is 2.00 bits per heavy atom. The van der Waals surface area contributed by atoms with Crippen LogP contribution in [0, 0.1) is 5.92 Å². The molecule has 0 heterocycles. The number of carboxylic acids is 1. The maximum absolute atomic E-state index is 11.5. The number of carboxylic acid groups (broad SMARTS) is 1. The van der Waals surface area contributed by atoms with Gasteiger partial charge in [-0.15, -0.1) is 0 Å². The van der Waals surface area contributed by atoms with E-state index in [1.54, 1.807) is 0 Å². The SMILES string of the molecule is CC(C(=O)O)C(=O)Nc1ccc(S(N)(=O)=O)cc1Br. The number of carbonyl (C=O) groups excluding carboxylic acids is 1. The van der Waals surface area contributed by atoms with Crippen LogP contribution in [0.5, 0.6) is 0 Å². The summed E-state index contributed by atoms with van der Waals surface area (Å²) in [5.41, 5.74) is 0.255. The number of rotatable bonds is 4. The number of amides is 1. The van der Waals surface area contributed by atoms with Crippen molar-refractivity contribution in [1.82, 2.24) is 0 Å². The standard InChI is InChI=1S/C10H11BrN2O5S/c1-5(10(15)16)9(14)13-8-3-2-6(4-7(8)11)19(12,17)18/h2-5H,1H3,(H,13,14)(H,15,16)(H2,12,17,18). The summed E-state index contributed by atoms with van der Waals surface area (Å²) in [4.78, 5) is 22.0. The Morgan fingerprint density at radius 3 is 2.42 bits per heavy atom. The summed E-state index contributed by atoms with van der Waals surface area (Å²) < 4.78 is 22.5. The second kappa shape index (κ2) is 5.68. The minimum atomic E-state index is -3.84. The number of halogens is 1. The number of aliphatic carboxylic acids is 1. The zero-order valence-electron chi connectivity index (χ0n) is 9.75. The van der Waals surface area contributed by atoms with Crippen LogP contribution in [-0.4, -0.2) is 25.4 Å². The van der Waals surface area contributed by atoms with Gasteiger partial charge in [0.15, 0.2) is 0 Å². The van der Waals surface area contributed by atoms with Gasteiger partial charge >= 0.3 is 5.97 Å². The first-order chi connectivity index (χ1) is 8.62. The monoisotopic (exact) mass is 350 g/mol. The highest BCUT2D eigenvalue weighted by Crippen LogP contribution is 2.25. The van der Waals surface area contributed by atoms with Gasteiger partial charge in [0.25, 0.3) is 0 Å². The average molecular weight is 351 g/mol. The molecule has 0 aliphatic rings. The van der Waals surface area contributed by atoms with Crippen molar-refractivity contribution in [1.29, 1.82) is 0 Å². The molecule has 1 rings (SSSR count). The molecule has 4 N–H and O–H groups in total. The minimum absolute atomic E-state index is 0.122. The van der Waals surface area contributed by atoms with Crippen LogP contribution < -0.4 is 10.5 Å². The predicted molar refractivity (Wildman–Crippen MR) is 70.9 cm³/mol. The summed E-state index contributed by atoms with van der Waals surface area (Å²) >= 11 is 3.07. The quantitative estimate of drug-likeness (QED) is 0.690. The van der Waals surface area contributed by atoms with Gasteiger partial charge in [-0.1, -0.05) is 0 Å². The lowest BCUT2D eigenvalue weighted by molar-refractivity contribution is -0.144. The maximum Gasteiger partial charge on any atom is 0.315 e. The summed E-state index contributed by atoms with van der Waals surface area (Å²) in [5, 5.41) is 16.0. The third-order valence-corrected chi connectivity index (χ3v) is 3.86. The number of nitrogens with one attached hydrogen (secondary N) is 1. The molecule has 0 spiro atoms. The van der Waals surface area contributed by atoms with Crippen molar-refractivity contribution in [3.63, 3.8) is 0 Å². The molecule has 0 aliphatic heterocycles. The first kappa shape index (κ1) is 15.6. The van der Waals surface area contributed by atoms with E-state index in [-0.39, 0.29) is 15.1 Å². The molecule has 0 radical (unpaired) electrons. The highest BCUT2D eigenvalue weighted by molar-refractivity contribution is 9.10. The number of hydrogen-bond acceptors (Lipinski definition) is 4. The van der Waals surface area contributed by atoms with Crippen LogP contribution >= 0.6 is 15.9 Å². The van der Waals surface area contributed by atoms with Gasteiger partial charge in [0, 0.05) is 4.47 Å². The van der Waals surface area contributed by atoms with E-state index < -0.39 is 27.8 Å². The molecule has 0 aliphatic carbocycles. The molecule has 0 aromatic heterocycles. The van der Waals surface area contributed by atoms with E-state index in [9.17, 15) is 18.0 Å². The minimum Gasteiger partial charge on any atom is -0.481 e. The summed E-state index contributed by atoms with van der Waals surface area (Å²) in [6.45, 7) is 1.24. The number of hydrogen-bond donors (Lipinski definition) is 3. The van der Waals surface area contributed by atoms with Crippen LogP contribution in [-0.2, 0) is 19.6 Å². The highest BCUT2D eigenvalue weighted by atomic mass is 79.9. The van der Waals surface area contributed by atoms with Crippen molar-refractivity contribution in [3.8, 4) is 0 Å². The highest BCUT2D eigenvalue weighted by Gasteiger charge is 2.21. The van der Waals surface area contributed by atoms with E-state index in [4.69, 9.17) is 10.2 Å². The van der Waals surface area contributed by atoms with E-state index in [1.165, 1.54) is 25.1 Å². The van der Waals surface area contributed by atoms with E-state index in [1.807, 2.05) is 0 Å². The summed E-state index contributed by atoms with van der Waals surface area (Å²) in [5.74, 6) is -3.18. The molecule has 7 nitrogen and oxygen atoms in total. The topological polar surface area (TPSA) is 127 Å². The lowest BCUT2D eigenvalue weighted by Crippen LogP contribution is -2.27. The number of benzene rings is 1. The lowest BCUT2D eigenvalue weighted by atomic mass is 10.1. The van der Waals surface area contributed by atoms with Gasteiger partial charge in [0.05, 0.1) is 10.6 Å². The van der Waals surface area contributed by atoms with Gasteiger partial charge in [-0.25, -0.2) is 13.6 Å². The Bertz CT molecular complexity index is 629. The Kier molecular flexibility index (Phi) is 4.66. The van der Waals surface area contributed by atoms with Gasteiger partial charge in [0.2, 0.25) is 15.9 Å². The van der Waals surface area contributed by atoms with Crippen LogP contribution in [0.25, 0.3) is 0 Å². The zero-order valence-corrected chi connectivity index (χ0v) is 12.2. The van der Waals surface area contributed by atoms with E-state index >= 15 is 0 Å². The molecule has 0 saturated carbocycles. The number of primary sulfonamides is 1. The summed E-state index contributed by atoms with van der Waals surface area (Å²) in [7, 11) is -3.84. The largest absolute Gasteiger partial charge is 0.481 e. The van der Waals surface area contributed by atoms with Crippen LogP contribution in [0.4, 0.5) is 5.69 Å². The number of sulfonamides is 1. The van der Waals surface area contributed by atoms with Crippen LogP contribution in [0.2, 0.25) is 0 Å². The van der Waals surface area contributed by atoms with E-state index in [0.717, 1.165) is 0 Å². The Balaban J connectivity index is 2.99. The number of anilines is 1. The third kappa shape index (κ3) is 4.01. The van der Waals surface area contributed by atoms with E-state index in [2.05, 4.69) is 21.2 Å². The molecular formula is C10H11BrN2O5S. The second-order valence-corrected chi connectivity index (χ2v) is 6.15. The van der Waals surface area contributed by atoms with Crippen LogP contribution in [0.3, 0.4) is 0 Å². The first-order valence-corrected chi connectivity index (χ1v) is 7.33. The van der Waals surface area contributed by atoms with Crippen molar-refractivity contribution in [2.24, 2.45) is 11.1 Å². The van der Waals surface area contributed by atoms with Crippen LogP contribution in [0.1, 0.15) is 6.92 Å². The van der Waals surface area contributed by atoms with Gasteiger partial charge in [-0.2, -0.15) is 0 Å². The Morgan fingerprint density at radius 1 is 1.42 bits per heavy atom. The fraction of sp³-hybridized carbons (Fsp3) is 0.200. The number of nitrogens with two attached hydrogens (primary N) is 1. The molecule has 1 amide bonds. The molecule has 9 heteroatoms. The number of carbonyl (C=O) groups is 2. The smallest absolute Gasteiger partial charge is 0.315 e. The maximum atomic E-state index is 11.5. The van der Waals surface area contributed by atoms with Crippen molar-refractivity contribution in [3.05, 3.63) is 22.7 Å². The van der Waals surface area contributed by atoms with Gasteiger partial charge in [-0.05, 0) is 41.1 Å². The predicted octanol–water partition coefficient (Wildman–Crippen LogP) is 0.756. The molecule has 1 unspecified atom stereocenters. The molecule has 0 bridgehead atoms. The summed E-state index contributed by atoms with van der Waals surface area (Å²) in [6, 6.07) is 3.74. The van der Waals surface area contributed by atoms with Crippen LogP contribution in [0.15, 0.2) is 27.6 Å². The molecule has 104 valence electrons. The van der Waals surface area contributed by atoms with Gasteiger partial charge in [-0.3, -0.25) is 9.59 Å². The molecular weight excluding hydrogens is 340 g/mol. The second-order valence-electron chi connectivity index (χ2n) is 3.74. The Hall–Kier alpha value is -1.45. The Labute approximate surface area is 118 Å². The third-order valence-electron chi connectivity index (χ3n) is 2.29.